The first-order chi connectivity index (χ1) is 16.1. The van der Waals surface area contributed by atoms with Crippen molar-refractivity contribution in [1.29, 1.82) is 5.26 Å². The number of hydrogen-bond donors (Lipinski definition) is 1. The highest BCUT2D eigenvalue weighted by atomic mass is 127. The molecule has 6 heteroatoms. The Labute approximate surface area is 206 Å². The fourth-order valence-electron chi connectivity index (χ4n) is 3.53. The van der Waals surface area contributed by atoms with Gasteiger partial charge >= 0.3 is 0 Å². The van der Waals surface area contributed by atoms with Crippen LogP contribution in [0.2, 0.25) is 0 Å². The van der Waals surface area contributed by atoms with Crippen molar-refractivity contribution in [2.75, 3.05) is 7.11 Å². The SMILES string of the molecule is C=CCc1cc(/C=C(\C#N)c2nc3ccccc3[nH]2)cc(OC)c1OCc1ccc(I)cc1. The van der Waals surface area contributed by atoms with Crippen LogP contribution in [0.5, 0.6) is 11.5 Å². The summed E-state index contributed by atoms with van der Waals surface area (Å²) in [6.45, 7) is 4.30. The van der Waals surface area contributed by atoms with Crippen LogP contribution in [0.3, 0.4) is 0 Å². The van der Waals surface area contributed by atoms with Crippen molar-refractivity contribution in [1.82, 2.24) is 9.97 Å². The van der Waals surface area contributed by atoms with Crippen LogP contribution in [0.4, 0.5) is 0 Å². The van der Waals surface area contributed by atoms with E-state index >= 15 is 0 Å². The number of imidazole rings is 1. The highest BCUT2D eigenvalue weighted by Gasteiger charge is 2.14. The highest BCUT2D eigenvalue weighted by Crippen LogP contribution is 2.35. The summed E-state index contributed by atoms with van der Waals surface area (Å²) in [5, 5.41) is 9.80. The minimum Gasteiger partial charge on any atom is -0.493 e. The molecular formula is C27H22IN3O2. The molecule has 0 fully saturated rings. The van der Waals surface area contributed by atoms with Gasteiger partial charge < -0.3 is 14.5 Å². The average Bonchev–Trinajstić information content (AvgIpc) is 3.27. The van der Waals surface area contributed by atoms with Gasteiger partial charge in [-0.25, -0.2) is 4.98 Å². The molecule has 4 rings (SSSR count). The molecule has 0 aliphatic heterocycles. The van der Waals surface area contributed by atoms with Crippen LogP contribution in [0, 0.1) is 14.9 Å². The number of nitrogens with one attached hydrogen (secondary N) is 1. The van der Waals surface area contributed by atoms with Gasteiger partial charge in [0.2, 0.25) is 0 Å². The number of nitriles is 1. The normalized spacial score (nSPS) is 11.2. The van der Waals surface area contributed by atoms with Gasteiger partial charge in [0.25, 0.3) is 0 Å². The Morgan fingerprint density at radius 1 is 1.18 bits per heavy atom. The van der Waals surface area contributed by atoms with Crippen molar-refractivity contribution in [3.8, 4) is 17.6 Å². The Balaban J connectivity index is 1.69. The van der Waals surface area contributed by atoms with Crippen molar-refractivity contribution in [3.63, 3.8) is 0 Å². The van der Waals surface area contributed by atoms with E-state index in [9.17, 15) is 5.26 Å². The van der Waals surface area contributed by atoms with Crippen LogP contribution in [-0.4, -0.2) is 17.1 Å². The second kappa shape index (κ2) is 10.4. The number of halogens is 1. The third-order valence-electron chi connectivity index (χ3n) is 5.11. The number of aromatic amines is 1. The van der Waals surface area contributed by atoms with Crippen LogP contribution in [-0.2, 0) is 13.0 Å². The molecular weight excluding hydrogens is 525 g/mol. The molecule has 3 aromatic carbocycles. The third kappa shape index (κ3) is 5.26. The number of hydrogen-bond acceptors (Lipinski definition) is 4. The van der Waals surface area contributed by atoms with E-state index in [0.29, 0.717) is 35.9 Å². The van der Waals surface area contributed by atoms with Gasteiger partial charge in [-0.2, -0.15) is 5.26 Å². The van der Waals surface area contributed by atoms with E-state index in [1.807, 2.05) is 54.6 Å². The smallest absolute Gasteiger partial charge is 0.165 e. The van der Waals surface area contributed by atoms with Gasteiger partial charge in [0.05, 0.1) is 23.7 Å². The number of rotatable bonds is 8. The van der Waals surface area contributed by atoms with E-state index in [1.54, 1.807) is 13.2 Å². The zero-order valence-electron chi connectivity index (χ0n) is 18.1. The molecule has 0 bridgehead atoms. The van der Waals surface area contributed by atoms with E-state index < -0.39 is 0 Å². The Morgan fingerprint density at radius 3 is 2.67 bits per heavy atom. The quantitative estimate of drug-likeness (QED) is 0.154. The lowest BCUT2D eigenvalue weighted by Crippen LogP contribution is -2.02. The number of nitrogens with zero attached hydrogens (tertiary/aromatic N) is 2. The Kier molecular flexibility index (Phi) is 7.10. The maximum atomic E-state index is 9.80. The molecule has 5 nitrogen and oxygen atoms in total. The monoisotopic (exact) mass is 547 g/mol. The van der Waals surface area contributed by atoms with Crippen molar-refractivity contribution in [2.45, 2.75) is 13.0 Å². The molecule has 1 N–H and O–H groups in total. The minimum absolute atomic E-state index is 0.426. The largest absolute Gasteiger partial charge is 0.493 e. The molecule has 33 heavy (non-hydrogen) atoms. The fourth-order valence-corrected chi connectivity index (χ4v) is 3.89. The zero-order chi connectivity index (χ0) is 23.2. The maximum Gasteiger partial charge on any atom is 0.165 e. The second-order valence-electron chi connectivity index (χ2n) is 7.39. The number of para-hydroxylation sites is 2. The van der Waals surface area contributed by atoms with Crippen molar-refractivity contribution in [3.05, 3.63) is 99.4 Å². The van der Waals surface area contributed by atoms with Gasteiger partial charge in [-0.1, -0.05) is 30.3 Å². The topological polar surface area (TPSA) is 70.9 Å². The predicted octanol–water partition coefficient (Wildman–Crippen LogP) is 6.55. The number of ether oxygens (including phenoxy) is 2. The van der Waals surface area contributed by atoms with Gasteiger partial charge in [0, 0.05) is 9.13 Å². The van der Waals surface area contributed by atoms with E-state index in [1.165, 1.54) is 3.57 Å². The number of aromatic nitrogens is 2. The molecule has 0 unspecified atom stereocenters. The van der Waals surface area contributed by atoms with Crippen molar-refractivity contribution < 1.29 is 9.47 Å². The summed E-state index contributed by atoms with van der Waals surface area (Å²) in [7, 11) is 1.61. The Bertz CT molecular complexity index is 1330. The van der Waals surface area contributed by atoms with Crippen LogP contribution in [0.1, 0.15) is 22.5 Å². The summed E-state index contributed by atoms with van der Waals surface area (Å²) < 4.78 is 13.0. The summed E-state index contributed by atoms with van der Waals surface area (Å²) in [4.78, 5) is 7.76. The Morgan fingerprint density at radius 2 is 1.97 bits per heavy atom. The van der Waals surface area contributed by atoms with Crippen molar-refractivity contribution in [2.24, 2.45) is 0 Å². The average molecular weight is 547 g/mol. The van der Waals surface area contributed by atoms with Gasteiger partial charge in [0.15, 0.2) is 11.5 Å². The van der Waals surface area contributed by atoms with E-state index in [-0.39, 0.29) is 0 Å². The fraction of sp³-hybridized carbons (Fsp3) is 0.111. The molecule has 1 aromatic heterocycles. The first-order valence-electron chi connectivity index (χ1n) is 10.4. The van der Waals surface area contributed by atoms with E-state index in [2.05, 4.69) is 57.3 Å². The van der Waals surface area contributed by atoms with E-state index in [4.69, 9.17) is 9.47 Å². The number of benzene rings is 3. The molecule has 0 saturated carbocycles. The van der Waals surface area contributed by atoms with Crippen molar-refractivity contribution >= 4 is 45.3 Å². The highest BCUT2D eigenvalue weighted by molar-refractivity contribution is 14.1. The van der Waals surface area contributed by atoms with Crippen LogP contribution in [0.15, 0.2) is 73.3 Å². The third-order valence-corrected chi connectivity index (χ3v) is 5.83. The molecule has 0 radical (unpaired) electrons. The number of methoxy groups -OCH3 is 1. The number of allylic oxidation sites excluding steroid dienone is 2. The lowest BCUT2D eigenvalue weighted by atomic mass is 10.0. The van der Waals surface area contributed by atoms with E-state index in [0.717, 1.165) is 27.7 Å². The molecule has 4 aromatic rings. The van der Waals surface area contributed by atoms with Crippen LogP contribution < -0.4 is 9.47 Å². The summed E-state index contributed by atoms with van der Waals surface area (Å²) >= 11 is 2.28. The summed E-state index contributed by atoms with van der Waals surface area (Å²) in [5.74, 6) is 1.81. The summed E-state index contributed by atoms with van der Waals surface area (Å²) in [6, 6.07) is 22.0. The molecule has 1 heterocycles. The predicted molar refractivity (Wildman–Crippen MR) is 140 cm³/mol. The van der Waals surface area contributed by atoms with Gasteiger partial charge in [-0.3, -0.25) is 0 Å². The summed E-state index contributed by atoms with van der Waals surface area (Å²) in [6.07, 6.45) is 4.23. The van der Waals surface area contributed by atoms with Gasteiger partial charge in [0.1, 0.15) is 18.5 Å². The molecule has 164 valence electrons. The minimum atomic E-state index is 0.426. The molecule has 0 aliphatic rings. The molecule has 0 spiro atoms. The first kappa shape index (κ1) is 22.6. The lowest BCUT2D eigenvalue weighted by Gasteiger charge is -2.16. The van der Waals surface area contributed by atoms with Crippen LogP contribution in [0.25, 0.3) is 22.7 Å². The standard InChI is InChI=1S/C27H22IN3O2/c1-3-6-20-13-19(14-21(16-29)27-30-23-7-4-5-8-24(23)31-27)15-25(32-2)26(20)33-17-18-9-11-22(28)12-10-18/h3-5,7-15H,1,6,17H2,2H3,(H,30,31)/b21-14+. The summed E-state index contributed by atoms with van der Waals surface area (Å²) in [5.41, 5.74) is 4.97. The first-order valence-corrected chi connectivity index (χ1v) is 11.4. The molecule has 0 aliphatic carbocycles. The maximum absolute atomic E-state index is 9.80. The zero-order valence-corrected chi connectivity index (χ0v) is 20.3. The number of H-pyrrole nitrogens is 1. The molecule has 0 amide bonds. The molecule has 0 saturated heterocycles. The Hall–Kier alpha value is -3.57. The van der Waals surface area contributed by atoms with Gasteiger partial charge in [-0.05, 0) is 82.6 Å². The van der Waals surface area contributed by atoms with Crippen LogP contribution >= 0.6 is 22.6 Å². The number of fused-ring (bicyclic) bond motifs is 1. The second-order valence-corrected chi connectivity index (χ2v) is 8.64. The van der Waals surface area contributed by atoms with Gasteiger partial charge in [-0.15, -0.1) is 6.58 Å². The molecule has 0 atom stereocenters. The lowest BCUT2D eigenvalue weighted by molar-refractivity contribution is 0.282.